The Morgan fingerprint density at radius 1 is 0.867 bits per heavy atom. The van der Waals surface area contributed by atoms with Gasteiger partial charge in [-0.25, -0.2) is 0 Å². The van der Waals surface area contributed by atoms with Crippen LogP contribution in [0.4, 0.5) is 0 Å². The Morgan fingerprint density at radius 3 is 1.53 bits per heavy atom. The Hall–Kier alpha value is 1.62. The molecule has 0 saturated carbocycles. The van der Waals surface area contributed by atoms with Crippen LogP contribution in [0.15, 0.2) is 0 Å². The van der Waals surface area contributed by atoms with Crippen LogP contribution in [0, 0.1) is 0 Å². The summed E-state index contributed by atoms with van der Waals surface area (Å²) in [5.74, 6) is 4.89. The van der Waals surface area contributed by atoms with Gasteiger partial charge in [-0.1, -0.05) is 11.8 Å². The number of hydrogen-bond acceptors (Lipinski definition) is 3. The summed E-state index contributed by atoms with van der Waals surface area (Å²) in [7, 11) is 0. The van der Waals surface area contributed by atoms with Crippen molar-refractivity contribution in [1.29, 1.82) is 0 Å². The molecule has 0 spiro atoms. The maximum Gasteiger partial charge on any atom is 0.129 e. The second-order valence-electron chi connectivity index (χ2n) is 3.65. The molecule has 0 unspecified atom stereocenters. The fourth-order valence-electron chi connectivity index (χ4n) is 1.81. The van der Waals surface area contributed by atoms with Crippen LogP contribution in [0.2, 0.25) is 0 Å². The van der Waals surface area contributed by atoms with Crippen molar-refractivity contribution in [1.82, 2.24) is 9.34 Å². The van der Waals surface area contributed by atoms with Crippen molar-refractivity contribution in [3.63, 3.8) is 0 Å². The summed E-state index contributed by atoms with van der Waals surface area (Å²) < 4.78 is 4.91. The third-order valence-electron chi connectivity index (χ3n) is 2.71. The van der Waals surface area contributed by atoms with E-state index in [0.29, 0.717) is 0 Å². The van der Waals surface area contributed by atoms with Crippen LogP contribution in [0.3, 0.4) is 0 Å². The molecule has 0 amide bonds. The Balaban J connectivity index is 1.99. The molecule has 2 aliphatic heterocycles. The Labute approximate surface area is 111 Å². The van der Waals surface area contributed by atoms with Crippen molar-refractivity contribution >= 4 is 53.1 Å². The quantitative estimate of drug-likeness (QED) is 0.615. The fraction of sp³-hybridized carbons (Fsp3) is 1.00. The average Bonchev–Trinajstić information content (AvgIpc) is 2.31. The standard InChI is InChI=1S/C8H17N2PS4/c12-11(13,9-1-5-14-6-2-9)10-3-7-15-8-4-10/h1-8H2,(H,12,13). The molecule has 0 aromatic heterocycles. The van der Waals surface area contributed by atoms with E-state index in [4.69, 9.17) is 24.1 Å². The Kier molecular flexibility index (Phi) is 5.21. The summed E-state index contributed by atoms with van der Waals surface area (Å²) in [4.78, 5) is 0. The minimum atomic E-state index is -1.68. The maximum absolute atomic E-state index is 5.79. The van der Waals surface area contributed by atoms with E-state index in [9.17, 15) is 0 Å². The highest BCUT2D eigenvalue weighted by Crippen LogP contribution is 2.58. The second-order valence-corrected chi connectivity index (χ2v) is 12.3. The van der Waals surface area contributed by atoms with Gasteiger partial charge in [-0.3, -0.25) is 9.34 Å². The molecule has 0 N–H and O–H groups in total. The molecule has 2 saturated heterocycles. The lowest BCUT2D eigenvalue weighted by atomic mass is 10.6. The van der Waals surface area contributed by atoms with Crippen LogP contribution >= 0.6 is 41.3 Å². The van der Waals surface area contributed by atoms with E-state index in [0.717, 1.165) is 26.2 Å². The zero-order valence-electron chi connectivity index (χ0n) is 8.67. The average molecular weight is 300 g/mol. The predicted molar refractivity (Wildman–Crippen MR) is 81.1 cm³/mol. The summed E-state index contributed by atoms with van der Waals surface area (Å²) in [5.41, 5.74) is -1.68. The van der Waals surface area contributed by atoms with Crippen LogP contribution in [-0.4, -0.2) is 58.5 Å². The summed E-state index contributed by atoms with van der Waals surface area (Å²) in [6.07, 6.45) is 0. The normalized spacial score (nSPS) is 26.7. The lowest BCUT2D eigenvalue weighted by Crippen LogP contribution is -2.38. The summed E-state index contributed by atoms with van der Waals surface area (Å²) >= 11 is 14.7. The van der Waals surface area contributed by atoms with Gasteiger partial charge >= 0.3 is 0 Å². The molecular formula is C8H17N2PS4. The van der Waals surface area contributed by atoms with E-state index in [-0.39, 0.29) is 0 Å². The molecule has 2 nitrogen and oxygen atoms in total. The third kappa shape index (κ3) is 3.30. The SMILES string of the molecule is S=P(S)(N1CCSCC1)N1CCSCC1. The van der Waals surface area contributed by atoms with Crippen molar-refractivity contribution < 1.29 is 0 Å². The van der Waals surface area contributed by atoms with Gasteiger partial charge in [0.15, 0.2) is 0 Å². The number of thiol groups is 1. The lowest BCUT2D eigenvalue weighted by Gasteiger charge is -2.42. The molecule has 2 aliphatic rings. The maximum atomic E-state index is 5.79. The Bertz CT molecular complexity index is 229. The lowest BCUT2D eigenvalue weighted by molar-refractivity contribution is 0.431. The molecule has 15 heavy (non-hydrogen) atoms. The number of thioether (sulfide) groups is 2. The van der Waals surface area contributed by atoms with Gasteiger partial charge in [0.2, 0.25) is 0 Å². The number of rotatable bonds is 2. The predicted octanol–water partition coefficient (Wildman–Crippen LogP) is 2.24. The van der Waals surface area contributed by atoms with Crippen LogP contribution in [0.1, 0.15) is 0 Å². The van der Waals surface area contributed by atoms with Crippen molar-refractivity contribution in [3.8, 4) is 0 Å². The molecule has 0 atom stereocenters. The zero-order valence-corrected chi connectivity index (χ0v) is 12.9. The summed E-state index contributed by atoms with van der Waals surface area (Å²) in [6, 6.07) is 0. The minimum Gasteiger partial charge on any atom is -0.254 e. The first-order valence-corrected chi connectivity index (χ1v) is 11.4. The van der Waals surface area contributed by atoms with Crippen LogP contribution in [0.5, 0.6) is 0 Å². The largest absolute Gasteiger partial charge is 0.254 e. The van der Waals surface area contributed by atoms with E-state index < -0.39 is 5.54 Å². The molecule has 2 heterocycles. The van der Waals surface area contributed by atoms with Gasteiger partial charge in [-0.2, -0.15) is 23.5 Å². The van der Waals surface area contributed by atoms with Gasteiger partial charge in [-0.15, -0.1) is 12.2 Å². The first-order valence-electron chi connectivity index (χ1n) is 5.20. The van der Waals surface area contributed by atoms with Crippen LogP contribution in [0.25, 0.3) is 0 Å². The van der Waals surface area contributed by atoms with E-state index >= 15 is 0 Å². The topological polar surface area (TPSA) is 6.48 Å². The van der Waals surface area contributed by atoms with Crippen molar-refractivity contribution in [2.75, 3.05) is 49.2 Å². The highest BCUT2D eigenvalue weighted by atomic mass is 32.9. The van der Waals surface area contributed by atoms with Gasteiger partial charge in [0, 0.05) is 49.2 Å². The van der Waals surface area contributed by atoms with E-state index in [1.54, 1.807) is 0 Å². The molecule has 2 rings (SSSR count). The number of nitrogens with zero attached hydrogens (tertiary/aromatic N) is 2. The van der Waals surface area contributed by atoms with Crippen molar-refractivity contribution in [3.05, 3.63) is 0 Å². The molecule has 0 radical (unpaired) electrons. The Morgan fingerprint density at radius 2 is 1.20 bits per heavy atom. The number of hydrogen-bond donors (Lipinski definition) is 1. The minimum absolute atomic E-state index is 1.13. The van der Waals surface area contributed by atoms with E-state index in [1.165, 1.54) is 23.0 Å². The summed E-state index contributed by atoms with van der Waals surface area (Å²) in [6.45, 7) is 4.54. The van der Waals surface area contributed by atoms with Crippen LogP contribution in [-0.2, 0) is 11.8 Å². The molecule has 0 aliphatic carbocycles. The second kappa shape index (κ2) is 5.98. The molecule has 0 bridgehead atoms. The fourth-order valence-corrected chi connectivity index (χ4v) is 8.01. The highest BCUT2D eigenvalue weighted by Gasteiger charge is 2.30. The van der Waals surface area contributed by atoms with E-state index in [1.807, 2.05) is 23.5 Å². The van der Waals surface area contributed by atoms with Crippen molar-refractivity contribution in [2.24, 2.45) is 0 Å². The third-order valence-corrected chi connectivity index (χ3v) is 9.77. The molecule has 88 valence electrons. The summed E-state index contributed by atoms with van der Waals surface area (Å²) in [5, 5.41) is 0. The zero-order chi connectivity index (χ0) is 10.7. The first-order chi connectivity index (χ1) is 7.21. The van der Waals surface area contributed by atoms with Gasteiger partial charge in [-0.05, 0) is 0 Å². The molecular weight excluding hydrogens is 283 g/mol. The van der Waals surface area contributed by atoms with Gasteiger partial charge in [0.05, 0.1) is 0 Å². The van der Waals surface area contributed by atoms with Gasteiger partial charge in [0.1, 0.15) is 5.54 Å². The van der Waals surface area contributed by atoms with E-state index in [2.05, 4.69) is 9.34 Å². The van der Waals surface area contributed by atoms with Gasteiger partial charge in [0.25, 0.3) is 0 Å². The highest BCUT2D eigenvalue weighted by molar-refractivity contribution is 8.61. The molecule has 0 aromatic rings. The van der Waals surface area contributed by atoms with Crippen molar-refractivity contribution in [2.45, 2.75) is 0 Å². The molecule has 2 fully saturated rings. The monoisotopic (exact) mass is 300 g/mol. The molecule has 7 heteroatoms. The van der Waals surface area contributed by atoms with Crippen LogP contribution < -0.4 is 0 Å². The molecule has 0 aromatic carbocycles. The first kappa shape index (κ1) is 13.1. The van der Waals surface area contributed by atoms with Gasteiger partial charge < -0.3 is 0 Å². The smallest absolute Gasteiger partial charge is 0.129 e.